The van der Waals surface area contributed by atoms with Gasteiger partial charge in [0.15, 0.2) is 0 Å². The highest BCUT2D eigenvalue weighted by Gasteiger charge is 2.73. The van der Waals surface area contributed by atoms with Gasteiger partial charge in [0.1, 0.15) is 30.8 Å². The maximum Gasteiger partial charge on any atom is 0.275 e. The van der Waals surface area contributed by atoms with Crippen LogP contribution < -0.4 is 10.3 Å². The van der Waals surface area contributed by atoms with Gasteiger partial charge < -0.3 is 14.6 Å². The topological polar surface area (TPSA) is 117 Å². The van der Waals surface area contributed by atoms with Crippen molar-refractivity contribution in [3.63, 3.8) is 0 Å². The van der Waals surface area contributed by atoms with Crippen LogP contribution in [0.1, 0.15) is 29.9 Å². The van der Waals surface area contributed by atoms with Gasteiger partial charge in [-0.2, -0.15) is 10.4 Å². The molecule has 2 aliphatic rings. The summed E-state index contributed by atoms with van der Waals surface area (Å²) in [7, 11) is 0. The second-order valence-electron chi connectivity index (χ2n) is 10.2. The summed E-state index contributed by atoms with van der Waals surface area (Å²) in [5.74, 6) is -2.82. The number of amides is 1. The first-order valence-electron chi connectivity index (χ1n) is 12.6. The lowest BCUT2D eigenvalue weighted by molar-refractivity contribution is -0.131. The van der Waals surface area contributed by atoms with Gasteiger partial charge in [-0.1, -0.05) is 18.2 Å². The average Bonchev–Trinajstić information content (AvgIpc) is 3.24. The van der Waals surface area contributed by atoms with Crippen molar-refractivity contribution >= 4 is 27.7 Å². The number of nitriles is 1. The van der Waals surface area contributed by atoms with Gasteiger partial charge in [-0.05, 0) is 18.6 Å². The molecule has 2 fully saturated rings. The number of carbonyl (C=O) groups excluding carboxylic acids is 1. The normalized spacial score (nSPS) is 19.6. The van der Waals surface area contributed by atoms with Crippen molar-refractivity contribution < 1.29 is 27.1 Å². The van der Waals surface area contributed by atoms with E-state index in [2.05, 4.69) is 15.1 Å². The van der Waals surface area contributed by atoms with Gasteiger partial charge in [0.2, 0.25) is 5.91 Å². The lowest BCUT2D eigenvalue weighted by Gasteiger charge is -2.17. The Labute approximate surface area is 224 Å². The molecular formula is C27H22F4N6O3. The van der Waals surface area contributed by atoms with Gasteiger partial charge in [0.05, 0.1) is 39.5 Å². The fourth-order valence-corrected chi connectivity index (χ4v) is 5.37. The summed E-state index contributed by atoms with van der Waals surface area (Å²) in [6.45, 7) is -1.10. The maximum atomic E-state index is 13.8. The van der Waals surface area contributed by atoms with E-state index in [1.807, 2.05) is 6.07 Å². The Hall–Kier alpha value is -4.47. The number of halogens is 4. The highest BCUT2D eigenvalue weighted by molar-refractivity contribution is 5.85. The van der Waals surface area contributed by atoms with Crippen LogP contribution in [0.3, 0.4) is 0 Å². The minimum absolute atomic E-state index is 0.0170. The van der Waals surface area contributed by atoms with E-state index in [0.717, 1.165) is 4.68 Å². The van der Waals surface area contributed by atoms with Gasteiger partial charge >= 0.3 is 0 Å². The molecule has 1 spiro atoms. The van der Waals surface area contributed by atoms with Crippen LogP contribution in [-0.2, 0) is 17.8 Å². The number of aromatic amines is 1. The lowest BCUT2D eigenvalue weighted by atomic mass is 10.1. The van der Waals surface area contributed by atoms with E-state index in [1.165, 1.54) is 17.0 Å². The van der Waals surface area contributed by atoms with Crippen molar-refractivity contribution in [2.24, 2.45) is 5.41 Å². The minimum atomic E-state index is -2.76. The van der Waals surface area contributed by atoms with E-state index in [1.54, 1.807) is 24.3 Å². The standard InChI is InChI=1S/C27H22F4N6O3/c28-22(29)12-40-21-8-20-19(7-15(21)10-32)33-23(34-20)9-18-16-3-1-2-4-17(16)25(39)37(35-18)11-24(38)36-6-5-26(14-36)13-27(26,30)31/h1-4,7-8,22H,5-6,9,11-14H2,(H,33,34). The monoisotopic (exact) mass is 554 g/mol. The SMILES string of the molecule is N#Cc1cc2[nH]c(Cc3nn(CC(=O)N4CCC5(C4)CC5(F)F)c(=O)c4ccccc34)nc2cc1OCC(F)F. The number of aromatic nitrogens is 4. The largest absolute Gasteiger partial charge is 0.486 e. The third-order valence-corrected chi connectivity index (χ3v) is 7.60. The molecule has 1 N–H and O–H groups in total. The number of hydrogen-bond acceptors (Lipinski definition) is 6. The molecule has 3 heterocycles. The number of nitrogens with one attached hydrogen (secondary N) is 1. The first kappa shape index (κ1) is 25.8. The van der Waals surface area contributed by atoms with E-state index >= 15 is 0 Å². The minimum Gasteiger partial charge on any atom is -0.486 e. The van der Waals surface area contributed by atoms with Crippen LogP contribution in [0.25, 0.3) is 21.8 Å². The van der Waals surface area contributed by atoms with Crippen molar-refractivity contribution in [2.45, 2.75) is 38.2 Å². The number of rotatable bonds is 7. The van der Waals surface area contributed by atoms with Crippen LogP contribution in [0.4, 0.5) is 17.6 Å². The number of imidazole rings is 1. The molecule has 1 aliphatic heterocycles. The van der Waals surface area contributed by atoms with E-state index < -0.39 is 42.4 Å². The van der Waals surface area contributed by atoms with E-state index in [9.17, 15) is 32.4 Å². The summed E-state index contributed by atoms with van der Waals surface area (Å²) in [5, 5.41) is 14.7. The van der Waals surface area contributed by atoms with Crippen LogP contribution in [-0.4, -0.2) is 62.6 Å². The third-order valence-electron chi connectivity index (χ3n) is 7.60. The molecule has 2 aromatic heterocycles. The zero-order chi connectivity index (χ0) is 28.2. The van der Waals surface area contributed by atoms with Gasteiger partial charge in [-0.15, -0.1) is 0 Å². The summed E-state index contributed by atoms with van der Waals surface area (Å²) in [6.07, 6.45) is -2.60. The Morgan fingerprint density at radius 3 is 2.65 bits per heavy atom. The molecule has 206 valence electrons. The van der Waals surface area contributed by atoms with Gasteiger partial charge in [-0.25, -0.2) is 27.2 Å². The molecule has 4 aromatic rings. The van der Waals surface area contributed by atoms with Crippen molar-refractivity contribution in [2.75, 3.05) is 19.7 Å². The summed E-state index contributed by atoms with van der Waals surface area (Å²) in [6, 6.07) is 11.5. The van der Waals surface area contributed by atoms with Crippen molar-refractivity contribution in [1.82, 2.24) is 24.6 Å². The number of fused-ring (bicyclic) bond motifs is 2. The summed E-state index contributed by atoms with van der Waals surface area (Å²) >= 11 is 0. The van der Waals surface area contributed by atoms with Crippen LogP contribution in [0.5, 0.6) is 5.75 Å². The summed E-state index contributed by atoms with van der Waals surface area (Å²) < 4.78 is 59.0. The van der Waals surface area contributed by atoms with Crippen LogP contribution in [0.15, 0.2) is 41.2 Å². The quantitative estimate of drug-likeness (QED) is 0.349. The van der Waals surface area contributed by atoms with Gasteiger partial charge in [0.25, 0.3) is 17.9 Å². The lowest BCUT2D eigenvalue weighted by Crippen LogP contribution is -2.37. The summed E-state index contributed by atoms with van der Waals surface area (Å²) in [5.41, 5.74) is -0.279. The number of H-pyrrole nitrogens is 1. The van der Waals surface area contributed by atoms with Gasteiger partial charge in [0, 0.05) is 31.0 Å². The van der Waals surface area contributed by atoms with Crippen molar-refractivity contribution in [3.8, 4) is 11.8 Å². The predicted molar refractivity (Wildman–Crippen MR) is 134 cm³/mol. The third kappa shape index (κ3) is 4.43. The highest BCUT2D eigenvalue weighted by atomic mass is 19.3. The molecule has 2 aromatic carbocycles. The average molecular weight is 555 g/mol. The fraction of sp³-hybridized carbons (Fsp3) is 0.370. The molecule has 0 radical (unpaired) electrons. The van der Waals surface area contributed by atoms with E-state index in [4.69, 9.17) is 4.74 Å². The number of benzene rings is 2. The van der Waals surface area contributed by atoms with Crippen LogP contribution >= 0.6 is 0 Å². The molecule has 1 saturated carbocycles. The second kappa shape index (κ2) is 9.32. The maximum absolute atomic E-state index is 13.8. The zero-order valence-electron chi connectivity index (χ0n) is 21.0. The Morgan fingerprint density at radius 1 is 1.23 bits per heavy atom. The van der Waals surface area contributed by atoms with E-state index in [0.29, 0.717) is 33.3 Å². The molecular weight excluding hydrogens is 532 g/mol. The van der Waals surface area contributed by atoms with Crippen molar-refractivity contribution in [1.29, 1.82) is 5.26 Å². The first-order valence-corrected chi connectivity index (χ1v) is 12.6. The number of alkyl halides is 4. The number of likely N-dealkylation sites (tertiary alicyclic amines) is 1. The summed E-state index contributed by atoms with van der Waals surface area (Å²) in [4.78, 5) is 35.1. The molecule has 1 atom stereocenters. The molecule has 1 aliphatic carbocycles. The fourth-order valence-electron chi connectivity index (χ4n) is 5.37. The molecule has 13 heteroatoms. The second-order valence-corrected chi connectivity index (χ2v) is 10.2. The molecule has 9 nitrogen and oxygen atoms in total. The Morgan fingerprint density at radius 2 is 1.98 bits per heavy atom. The smallest absolute Gasteiger partial charge is 0.275 e. The number of ether oxygens (including phenoxy) is 1. The molecule has 40 heavy (non-hydrogen) atoms. The molecule has 1 saturated heterocycles. The number of hydrogen-bond donors (Lipinski definition) is 1. The first-order chi connectivity index (χ1) is 19.1. The Kier molecular flexibility index (Phi) is 6.01. The van der Waals surface area contributed by atoms with E-state index in [-0.39, 0.29) is 43.7 Å². The Bertz CT molecular complexity index is 1760. The van der Waals surface area contributed by atoms with Crippen LogP contribution in [0.2, 0.25) is 0 Å². The van der Waals surface area contributed by atoms with Crippen molar-refractivity contribution in [3.05, 3.63) is 63.8 Å². The predicted octanol–water partition coefficient (Wildman–Crippen LogP) is 3.64. The number of carbonyl (C=O) groups is 1. The molecule has 0 bridgehead atoms. The number of nitrogens with zero attached hydrogens (tertiary/aromatic N) is 5. The Balaban J connectivity index is 1.30. The molecule has 1 amide bonds. The van der Waals surface area contributed by atoms with Gasteiger partial charge in [-0.3, -0.25) is 9.59 Å². The zero-order valence-corrected chi connectivity index (χ0v) is 21.0. The molecule has 1 unspecified atom stereocenters. The van der Waals surface area contributed by atoms with Crippen LogP contribution in [0, 0.1) is 16.7 Å². The highest BCUT2D eigenvalue weighted by Crippen LogP contribution is 2.65. The molecule has 6 rings (SSSR count).